The molecule has 0 aliphatic carbocycles. The van der Waals surface area contributed by atoms with E-state index in [1.54, 1.807) is 17.9 Å². The van der Waals surface area contributed by atoms with Crippen LogP contribution in [-0.2, 0) is 7.05 Å². The first-order valence-electron chi connectivity index (χ1n) is 6.61. The van der Waals surface area contributed by atoms with Crippen molar-refractivity contribution in [3.8, 4) is 0 Å². The quantitative estimate of drug-likeness (QED) is 0.826. The smallest absolute Gasteiger partial charge is 0.292 e. The van der Waals surface area contributed by atoms with Crippen molar-refractivity contribution in [2.24, 2.45) is 13.0 Å². The summed E-state index contributed by atoms with van der Waals surface area (Å²) in [5, 5.41) is 4.08. The summed E-state index contributed by atoms with van der Waals surface area (Å²) in [6.45, 7) is 4.53. The summed E-state index contributed by atoms with van der Waals surface area (Å²) in [5.41, 5.74) is 0.864. The summed E-state index contributed by atoms with van der Waals surface area (Å²) >= 11 is 0. The molecule has 3 nitrogen and oxygen atoms in total. The van der Waals surface area contributed by atoms with Crippen LogP contribution in [0.1, 0.15) is 38.4 Å². The number of piperidine rings is 1. The lowest BCUT2D eigenvalue weighted by Gasteiger charge is -2.42. The molecule has 0 amide bonds. The van der Waals surface area contributed by atoms with Crippen LogP contribution < -0.4 is 0 Å². The Balaban J connectivity index is 2.26. The highest BCUT2D eigenvalue weighted by molar-refractivity contribution is 5.09. The zero-order valence-corrected chi connectivity index (χ0v) is 11.5. The van der Waals surface area contributed by atoms with Gasteiger partial charge in [0.15, 0.2) is 0 Å². The van der Waals surface area contributed by atoms with E-state index < -0.39 is 12.1 Å². The molecular formula is C13H20F3N3. The van der Waals surface area contributed by atoms with Crippen LogP contribution in [0, 0.1) is 5.92 Å². The van der Waals surface area contributed by atoms with Gasteiger partial charge in [-0.05, 0) is 39.3 Å². The van der Waals surface area contributed by atoms with E-state index in [1.165, 1.54) is 0 Å². The molecule has 0 radical (unpaired) electrons. The molecule has 2 heterocycles. The average Bonchev–Trinajstić information content (AvgIpc) is 2.73. The first-order valence-corrected chi connectivity index (χ1v) is 6.61. The van der Waals surface area contributed by atoms with Crippen LogP contribution in [0.15, 0.2) is 12.3 Å². The third-order valence-corrected chi connectivity index (χ3v) is 3.97. The average molecular weight is 275 g/mol. The highest BCUT2D eigenvalue weighted by Gasteiger charge is 2.45. The summed E-state index contributed by atoms with van der Waals surface area (Å²) in [6, 6.07) is 1.85. The number of hydrogen-bond donors (Lipinski definition) is 0. The van der Waals surface area contributed by atoms with Crippen molar-refractivity contribution >= 4 is 0 Å². The fourth-order valence-electron chi connectivity index (χ4n) is 2.90. The summed E-state index contributed by atoms with van der Waals surface area (Å²) < 4.78 is 40.5. The number of aryl methyl sites for hydroxylation is 1. The molecule has 19 heavy (non-hydrogen) atoms. The van der Waals surface area contributed by atoms with Gasteiger partial charge in [-0.2, -0.15) is 18.3 Å². The van der Waals surface area contributed by atoms with Crippen molar-refractivity contribution in [3.63, 3.8) is 0 Å². The normalized spacial score (nSPS) is 26.1. The van der Waals surface area contributed by atoms with E-state index in [4.69, 9.17) is 0 Å². The minimum absolute atomic E-state index is 0.126. The Morgan fingerprint density at radius 2 is 2.05 bits per heavy atom. The van der Waals surface area contributed by atoms with Crippen molar-refractivity contribution < 1.29 is 13.2 Å². The van der Waals surface area contributed by atoms with Gasteiger partial charge in [0.1, 0.15) is 0 Å². The van der Waals surface area contributed by atoms with E-state index in [-0.39, 0.29) is 24.9 Å². The summed E-state index contributed by atoms with van der Waals surface area (Å²) in [4.78, 5) is 2.14. The zero-order chi connectivity index (χ0) is 14.2. The summed E-state index contributed by atoms with van der Waals surface area (Å²) in [6.07, 6.45) is -2.14. The number of rotatable bonds is 2. The monoisotopic (exact) mass is 275 g/mol. The molecular weight excluding hydrogens is 255 g/mol. The topological polar surface area (TPSA) is 21.1 Å². The van der Waals surface area contributed by atoms with Gasteiger partial charge in [-0.25, -0.2) is 0 Å². The van der Waals surface area contributed by atoms with Gasteiger partial charge in [0.05, 0.1) is 17.7 Å². The van der Waals surface area contributed by atoms with E-state index in [1.807, 2.05) is 19.9 Å². The van der Waals surface area contributed by atoms with Crippen molar-refractivity contribution in [1.82, 2.24) is 14.7 Å². The molecule has 0 spiro atoms. The van der Waals surface area contributed by atoms with Gasteiger partial charge in [-0.3, -0.25) is 9.58 Å². The Labute approximate surface area is 111 Å². The molecule has 0 saturated carbocycles. The number of likely N-dealkylation sites (tertiary alicyclic amines) is 1. The van der Waals surface area contributed by atoms with Crippen LogP contribution in [0.5, 0.6) is 0 Å². The maximum Gasteiger partial charge on any atom is 0.391 e. The molecule has 0 bridgehead atoms. The molecule has 0 aromatic carbocycles. The fourth-order valence-corrected chi connectivity index (χ4v) is 2.90. The van der Waals surface area contributed by atoms with E-state index in [0.29, 0.717) is 6.54 Å². The first-order chi connectivity index (χ1) is 8.80. The Morgan fingerprint density at radius 3 is 2.53 bits per heavy atom. The number of aromatic nitrogens is 2. The van der Waals surface area contributed by atoms with Gasteiger partial charge in [0, 0.05) is 19.3 Å². The second-order valence-corrected chi connectivity index (χ2v) is 5.49. The van der Waals surface area contributed by atoms with Crippen LogP contribution in [0.25, 0.3) is 0 Å². The van der Waals surface area contributed by atoms with E-state index in [9.17, 15) is 13.2 Å². The predicted molar refractivity (Wildman–Crippen MR) is 66.6 cm³/mol. The molecule has 1 aliphatic heterocycles. The minimum atomic E-state index is -4.10. The van der Waals surface area contributed by atoms with Crippen LogP contribution in [0.4, 0.5) is 13.2 Å². The van der Waals surface area contributed by atoms with Gasteiger partial charge in [0.25, 0.3) is 0 Å². The van der Waals surface area contributed by atoms with Crippen LogP contribution in [0.3, 0.4) is 0 Å². The summed E-state index contributed by atoms with van der Waals surface area (Å²) in [5.74, 6) is -1.21. The molecule has 0 unspecified atom stereocenters. The van der Waals surface area contributed by atoms with Gasteiger partial charge < -0.3 is 0 Å². The summed E-state index contributed by atoms with van der Waals surface area (Å²) in [7, 11) is 1.78. The Kier molecular flexibility index (Phi) is 3.90. The molecule has 6 heteroatoms. The van der Waals surface area contributed by atoms with Gasteiger partial charge in [0.2, 0.25) is 0 Å². The number of alkyl halides is 3. The first kappa shape index (κ1) is 14.4. The predicted octanol–water partition coefficient (Wildman–Crippen LogP) is 3.14. The van der Waals surface area contributed by atoms with Crippen LogP contribution in [-0.4, -0.2) is 33.4 Å². The van der Waals surface area contributed by atoms with Gasteiger partial charge in [-0.1, -0.05) is 0 Å². The van der Waals surface area contributed by atoms with E-state index in [2.05, 4.69) is 10.00 Å². The van der Waals surface area contributed by atoms with E-state index in [0.717, 1.165) is 5.69 Å². The molecule has 1 fully saturated rings. The second kappa shape index (κ2) is 5.15. The highest BCUT2D eigenvalue weighted by Crippen LogP contribution is 2.42. The molecule has 1 aromatic heterocycles. The largest absolute Gasteiger partial charge is 0.391 e. The van der Waals surface area contributed by atoms with Crippen LogP contribution >= 0.6 is 0 Å². The Bertz CT molecular complexity index is 425. The standard InChI is InChI=1S/C13H20F3N3/c1-9(2)19-7-5-10(13(14,15)16)8-12(19)11-4-6-17-18(11)3/h4,6,9-10,12H,5,7-8H2,1-3H3/t10-,12+/m1/s1. The Hall–Kier alpha value is -1.04. The maximum atomic E-state index is 12.9. The van der Waals surface area contributed by atoms with Gasteiger partial charge >= 0.3 is 6.18 Å². The molecule has 0 N–H and O–H groups in total. The second-order valence-electron chi connectivity index (χ2n) is 5.49. The zero-order valence-electron chi connectivity index (χ0n) is 11.5. The number of halogens is 3. The third kappa shape index (κ3) is 2.94. The molecule has 2 rings (SSSR count). The maximum absolute atomic E-state index is 12.9. The lowest BCUT2D eigenvalue weighted by molar-refractivity contribution is -0.191. The van der Waals surface area contributed by atoms with Crippen molar-refractivity contribution in [3.05, 3.63) is 18.0 Å². The van der Waals surface area contributed by atoms with Gasteiger partial charge in [-0.15, -0.1) is 0 Å². The number of hydrogen-bond acceptors (Lipinski definition) is 2. The van der Waals surface area contributed by atoms with Crippen LogP contribution in [0.2, 0.25) is 0 Å². The fraction of sp³-hybridized carbons (Fsp3) is 0.769. The number of nitrogens with zero attached hydrogens (tertiary/aromatic N) is 3. The van der Waals surface area contributed by atoms with Crippen molar-refractivity contribution in [1.29, 1.82) is 0 Å². The lowest BCUT2D eigenvalue weighted by atomic mass is 9.88. The molecule has 1 aromatic rings. The molecule has 2 atom stereocenters. The van der Waals surface area contributed by atoms with E-state index >= 15 is 0 Å². The van der Waals surface area contributed by atoms with Crippen molar-refractivity contribution in [2.45, 2.75) is 44.9 Å². The molecule has 1 saturated heterocycles. The highest BCUT2D eigenvalue weighted by atomic mass is 19.4. The third-order valence-electron chi connectivity index (χ3n) is 3.97. The Morgan fingerprint density at radius 1 is 1.37 bits per heavy atom. The molecule has 1 aliphatic rings. The minimum Gasteiger partial charge on any atom is -0.292 e. The molecule has 108 valence electrons. The van der Waals surface area contributed by atoms with Crippen molar-refractivity contribution in [2.75, 3.05) is 6.54 Å². The SMILES string of the molecule is CC(C)N1CC[C@@H](C(F)(F)F)C[C@H]1c1ccnn1C. The lowest BCUT2D eigenvalue weighted by Crippen LogP contribution is -2.44.